The molecule has 0 aliphatic carbocycles. The first kappa shape index (κ1) is 20.1. The largest absolute Gasteiger partial charge is 0.409 e. The third-order valence-corrected chi connectivity index (χ3v) is 2.61. The van der Waals surface area contributed by atoms with Gasteiger partial charge in [0.2, 0.25) is 0 Å². The number of ether oxygens (including phenoxy) is 4. The third kappa shape index (κ3) is 17.1. The zero-order valence-electron chi connectivity index (χ0n) is 13.1. The van der Waals surface area contributed by atoms with Gasteiger partial charge in [-0.15, -0.1) is 0 Å². The Hall–Kier alpha value is -0.890. The predicted octanol–water partition coefficient (Wildman–Crippen LogP) is 1.38. The van der Waals surface area contributed by atoms with E-state index in [0.717, 1.165) is 25.9 Å². The van der Waals surface area contributed by atoms with Gasteiger partial charge in [-0.3, -0.25) is 0 Å². The number of oxime groups is 1. The molecule has 0 saturated heterocycles. The molecule has 7 heteroatoms. The second-order valence-electron chi connectivity index (χ2n) is 4.50. The van der Waals surface area contributed by atoms with E-state index in [0.29, 0.717) is 52.7 Å². The van der Waals surface area contributed by atoms with Gasteiger partial charge in [0.25, 0.3) is 0 Å². The first-order valence-corrected chi connectivity index (χ1v) is 7.58. The molecule has 7 nitrogen and oxygen atoms in total. The molecule has 21 heavy (non-hydrogen) atoms. The average molecular weight is 306 g/mol. The van der Waals surface area contributed by atoms with Crippen LogP contribution in [0.4, 0.5) is 0 Å². The first-order valence-electron chi connectivity index (χ1n) is 7.58. The summed E-state index contributed by atoms with van der Waals surface area (Å²) in [6.45, 7) is 6.98. The average Bonchev–Trinajstić information content (AvgIpc) is 2.50. The van der Waals surface area contributed by atoms with Crippen LogP contribution < -0.4 is 5.73 Å². The summed E-state index contributed by atoms with van der Waals surface area (Å²) in [6, 6.07) is 0. The Morgan fingerprint density at radius 1 is 0.810 bits per heavy atom. The molecule has 0 amide bonds. The quantitative estimate of drug-likeness (QED) is 0.147. The molecule has 0 rings (SSSR count). The van der Waals surface area contributed by atoms with Crippen LogP contribution in [-0.2, 0) is 18.9 Å². The lowest BCUT2D eigenvalue weighted by molar-refractivity contribution is -0.00213. The van der Waals surface area contributed by atoms with Crippen LogP contribution in [0, 0.1) is 0 Å². The molecule has 0 aliphatic rings. The van der Waals surface area contributed by atoms with E-state index in [4.69, 9.17) is 29.9 Å². The summed E-state index contributed by atoms with van der Waals surface area (Å²) in [4.78, 5) is 0. The molecule has 0 spiro atoms. The SMILES string of the molecule is CCCCOCCOCCOCCOCCCC(N)=NO. The molecule has 0 heterocycles. The van der Waals surface area contributed by atoms with Gasteiger partial charge in [0, 0.05) is 19.6 Å². The van der Waals surface area contributed by atoms with Gasteiger partial charge < -0.3 is 29.9 Å². The molecule has 0 fully saturated rings. The van der Waals surface area contributed by atoms with Crippen molar-refractivity contribution in [3.63, 3.8) is 0 Å². The number of unbranched alkanes of at least 4 members (excludes halogenated alkanes) is 1. The van der Waals surface area contributed by atoms with Crippen molar-refractivity contribution in [1.82, 2.24) is 0 Å². The van der Waals surface area contributed by atoms with Crippen molar-refractivity contribution >= 4 is 5.84 Å². The molecule has 0 radical (unpaired) electrons. The topological polar surface area (TPSA) is 95.5 Å². The Morgan fingerprint density at radius 3 is 1.67 bits per heavy atom. The van der Waals surface area contributed by atoms with Gasteiger partial charge in [-0.2, -0.15) is 0 Å². The lowest BCUT2D eigenvalue weighted by Crippen LogP contribution is -2.14. The summed E-state index contributed by atoms with van der Waals surface area (Å²) in [7, 11) is 0. The van der Waals surface area contributed by atoms with Gasteiger partial charge in [0.15, 0.2) is 0 Å². The fourth-order valence-corrected chi connectivity index (χ4v) is 1.41. The number of amidine groups is 1. The highest BCUT2D eigenvalue weighted by Gasteiger charge is 1.95. The molecule has 0 aromatic rings. The van der Waals surface area contributed by atoms with Crippen LogP contribution >= 0.6 is 0 Å². The number of nitrogens with zero attached hydrogens (tertiary/aromatic N) is 1. The van der Waals surface area contributed by atoms with Gasteiger partial charge >= 0.3 is 0 Å². The first-order chi connectivity index (χ1) is 10.3. The Kier molecular flexibility index (Phi) is 16.4. The normalized spacial score (nSPS) is 12.0. The molecular formula is C14H30N2O5. The summed E-state index contributed by atoms with van der Waals surface area (Å²) in [5.74, 6) is 0.227. The minimum atomic E-state index is 0.227. The van der Waals surface area contributed by atoms with Crippen LogP contribution in [0.3, 0.4) is 0 Å². The van der Waals surface area contributed by atoms with Crippen molar-refractivity contribution in [2.24, 2.45) is 10.9 Å². The summed E-state index contributed by atoms with van der Waals surface area (Å²) in [5.41, 5.74) is 5.32. The zero-order chi connectivity index (χ0) is 15.6. The van der Waals surface area contributed by atoms with Gasteiger partial charge in [0.05, 0.1) is 39.6 Å². The fourth-order valence-electron chi connectivity index (χ4n) is 1.41. The molecule has 0 aromatic heterocycles. The molecule has 0 bridgehead atoms. The van der Waals surface area contributed by atoms with Crippen LogP contribution in [0.1, 0.15) is 32.6 Å². The summed E-state index contributed by atoms with van der Waals surface area (Å²) in [6.07, 6.45) is 3.52. The van der Waals surface area contributed by atoms with Crippen LogP contribution in [-0.4, -0.2) is 63.9 Å². The smallest absolute Gasteiger partial charge is 0.139 e. The minimum Gasteiger partial charge on any atom is -0.409 e. The van der Waals surface area contributed by atoms with E-state index in [1.54, 1.807) is 0 Å². The highest BCUT2D eigenvalue weighted by Crippen LogP contribution is 1.91. The zero-order valence-corrected chi connectivity index (χ0v) is 13.1. The molecule has 0 aliphatic heterocycles. The highest BCUT2D eigenvalue weighted by atomic mass is 16.6. The Labute approximate surface area is 127 Å². The van der Waals surface area contributed by atoms with Gasteiger partial charge in [-0.1, -0.05) is 18.5 Å². The van der Waals surface area contributed by atoms with E-state index in [9.17, 15) is 0 Å². The molecule has 0 unspecified atom stereocenters. The van der Waals surface area contributed by atoms with E-state index in [1.165, 1.54) is 0 Å². The van der Waals surface area contributed by atoms with Gasteiger partial charge in [-0.05, 0) is 12.8 Å². The molecule has 0 atom stereocenters. The molecular weight excluding hydrogens is 276 g/mol. The van der Waals surface area contributed by atoms with Crippen molar-refractivity contribution in [3.8, 4) is 0 Å². The lowest BCUT2D eigenvalue weighted by Gasteiger charge is -2.07. The lowest BCUT2D eigenvalue weighted by atomic mass is 10.3. The number of hydrogen-bond donors (Lipinski definition) is 2. The standard InChI is InChI=1S/C14H30N2O5/c1-2-3-6-18-8-10-20-12-13-21-11-9-19-7-4-5-14(15)16-17/h17H,2-13H2,1H3,(H2,15,16). The Balaban J connectivity index is 2.99. The van der Waals surface area contributed by atoms with Crippen molar-refractivity contribution in [1.29, 1.82) is 0 Å². The predicted molar refractivity (Wildman–Crippen MR) is 80.8 cm³/mol. The second-order valence-corrected chi connectivity index (χ2v) is 4.50. The van der Waals surface area contributed by atoms with Gasteiger partial charge in [0.1, 0.15) is 5.84 Å². The monoisotopic (exact) mass is 306 g/mol. The molecule has 3 N–H and O–H groups in total. The molecule has 0 saturated carbocycles. The van der Waals surface area contributed by atoms with E-state index < -0.39 is 0 Å². The van der Waals surface area contributed by atoms with E-state index >= 15 is 0 Å². The number of nitrogens with two attached hydrogens (primary N) is 1. The van der Waals surface area contributed by atoms with Crippen molar-refractivity contribution in [2.45, 2.75) is 32.6 Å². The minimum absolute atomic E-state index is 0.227. The highest BCUT2D eigenvalue weighted by molar-refractivity contribution is 5.79. The Morgan fingerprint density at radius 2 is 1.24 bits per heavy atom. The van der Waals surface area contributed by atoms with Crippen LogP contribution in [0.5, 0.6) is 0 Å². The van der Waals surface area contributed by atoms with Crippen LogP contribution in [0.2, 0.25) is 0 Å². The fraction of sp³-hybridized carbons (Fsp3) is 0.929. The van der Waals surface area contributed by atoms with E-state index in [-0.39, 0.29) is 5.84 Å². The number of hydrogen-bond acceptors (Lipinski definition) is 6. The van der Waals surface area contributed by atoms with Crippen molar-refractivity contribution < 1.29 is 24.2 Å². The molecule has 126 valence electrons. The van der Waals surface area contributed by atoms with E-state index in [1.807, 2.05) is 0 Å². The third-order valence-electron chi connectivity index (χ3n) is 2.61. The van der Waals surface area contributed by atoms with Crippen LogP contribution in [0.15, 0.2) is 5.16 Å². The van der Waals surface area contributed by atoms with Crippen LogP contribution in [0.25, 0.3) is 0 Å². The summed E-state index contributed by atoms with van der Waals surface area (Å²) in [5, 5.41) is 11.2. The van der Waals surface area contributed by atoms with Gasteiger partial charge in [-0.25, -0.2) is 0 Å². The Bertz CT molecular complexity index is 239. The summed E-state index contributed by atoms with van der Waals surface area (Å²) < 4.78 is 21.4. The summed E-state index contributed by atoms with van der Waals surface area (Å²) >= 11 is 0. The maximum Gasteiger partial charge on any atom is 0.139 e. The maximum atomic E-state index is 8.33. The van der Waals surface area contributed by atoms with Crippen molar-refractivity contribution in [2.75, 3.05) is 52.9 Å². The van der Waals surface area contributed by atoms with E-state index in [2.05, 4.69) is 12.1 Å². The van der Waals surface area contributed by atoms with Crippen molar-refractivity contribution in [3.05, 3.63) is 0 Å². The second kappa shape index (κ2) is 17.2. The maximum absolute atomic E-state index is 8.33. The number of rotatable bonds is 16. The molecule has 0 aromatic carbocycles.